The van der Waals surface area contributed by atoms with Gasteiger partial charge in [0.25, 0.3) is 5.91 Å². The summed E-state index contributed by atoms with van der Waals surface area (Å²) in [5, 5.41) is 6.62. The number of pyridine rings is 1. The minimum absolute atomic E-state index is 0.0504. The third-order valence-corrected chi connectivity index (χ3v) is 7.49. The minimum atomic E-state index is -0.568. The summed E-state index contributed by atoms with van der Waals surface area (Å²) in [5.41, 5.74) is 7.33. The lowest BCUT2D eigenvalue weighted by Gasteiger charge is -2.34. The molecule has 1 aromatic carbocycles. The molecule has 5 rings (SSSR count). The number of nitrogens with two attached hydrogens (primary N) is 1. The van der Waals surface area contributed by atoms with Crippen LogP contribution in [0.5, 0.6) is 0 Å². The van der Waals surface area contributed by atoms with Gasteiger partial charge in [0, 0.05) is 49.1 Å². The van der Waals surface area contributed by atoms with E-state index in [1.165, 1.54) is 6.20 Å². The number of furan rings is 1. The molecule has 3 aromatic rings. The molecule has 0 atom stereocenters. The number of hydrogen-bond donors (Lipinski definition) is 3. The van der Waals surface area contributed by atoms with E-state index in [1.807, 2.05) is 4.90 Å². The zero-order valence-corrected chi connectivity index (χ0v) is 21.8. The second-order valence-corrected chi connectivity index (χ2v) is 10.1. The van der Waals surface area contributed by atoms with E-state index in [-0.39, 0.29) is 41.0 Å². The fourth-order valence-electron chi connectivity index (χ4n) is 5.22. The molecule has 0 unspecified atom stereocenters. The maximum absolute atomic E-state index is 13.4. The Morgan fingerprint density at radius 3 is 2.61 bits per heavy atom. The Labute approximate surface area is 224 Å². The van der Waals surface area contributed by atoms with Crippen molar-refractivity contribution in [3.8, 4) is 0 Å². The number of nitrogens with one attached hydrogen (secondary N) is 2. The van der Waals surface area contributed by atoms with Crippen molar-refractivity contribution < 1.29 is 18.8 Å². The number of rotatable bonds is 6. The number of amidine groups is 1. The molecule has 0 bridgehead atoms. The standard InChI is InChI=1S/C27H29ClN6O4/c1-30-25(29)16-6-10-20-19(13-16)23(24(38-20)27(37)32-21-11-7-17(28)14-31-21)33-26(36)15-4-8-18(9-5-15)34-12-2-3-22(34)35/h6-7,10-11,13-15,18H,2-5,8-9,12H2,1H3,(H2,29,30)(H,33,36)(H,31,32,37). The van der Waals surface area contributed by atoms with Crippen LogP contribution >= 0.6 is 11.6 Å². The van der Waals surface area contributed by atoms with E-state index in [2.05, 4.69) is 20.6 Å². The summed E-state index contributed by atoms with van der Waals surface area (Å²) in [7, 11) is 1.58. The number of anilines is 2. The van der Waals surface area contributed by atoms with Crippen molar-refractivity contribution in [3.63, 3.8) is 0 Å². The van der Waals surface area contributed by atoms with E-state index in [9.17, 15) is 14.4 Å². The van der Waals surface area contributed by atoms with Gasteiger partial charge in [0.1, 0.15) is 22.9 Å². The van der Waals surface area contributed by atoms with Crippen LogP contribution in [0.1, 0.15) is 54.6 Å². The molecule has 3 amide bonds. The summed E-state index contributed by atoms with van der Waals surface area (Å²) in [6, 6.07) is 8.54. The summed E-state index contributed by atoms with van der Waals surface area (Å²) in [5.74, 6) is -0.244. The molecule has 0 radical (unpaired) electrons. The highest BCUT2D eigenvalue weighted by Gasteiger charge is 2.34. The van der Waals surface area contributed by atoms with Crippen molar-refractivity contribution in [2.45, 2.75) is 44.6 Å². The molecule has 1 aliphatic heterocycles. The zero-order chi connectivity index (χ0) is 26.8. The fraction of sp³-hybridized carbons (Fsp3) is 0.370. The number of likely N-dealkylation sites (tertiary alicyclic amines) is 1. The largest absolute Gasteiger partial charge is 0.449 e. The van der Waals surface area contributed by atoms with Gasteiger partial charge in [-0.15, -0.1) is 0 Å². The van der Waals surface area contributed by atoms with E-state index < -0.39 is 5.91 Å². The number of carbonyl (C=O) groups excluding carboxylic acids is 3. The van der Waals surface area contributed by atoms with Crippen LogP contribution in [0.2, 0.25) is 5.02 Å². The average Bonchev–Trinajstić information content (AvgIpc) is 3.52. The van der Waals surface area contributed by atoms with Crippen molar-refractivity contribution in [1.82, 2.24) is 9.88 Å². The third kappa shape index (κ3) is 5.22. The molecule has 0 spiro atoms. The Balaban J connectivity index is 1.40. The van der Waals surface area contributed by atoms with E-state index in [4.69, 9.17) is 21.8 Å². The molecule has 2 aromatic heterocycles. The molecule has 3 heterocycles. The van der Waals surface area contributed by atoms with Gasteiger partial charge in [0.15, 0.2) is 0 Å². The van der Waals surface area contributed by atoms with Crippen molar-refractivity contribution in [1.29, 1.82) is 0 Å². The number of halogens is 1. The second kappa shape index (κ2) is 10.8. The summed E-state index contributed by atoms with van der Waals surface area (Å²) in [6.45, 7) is 0.800. The fourth-order valence-corrected chi connectivity index (χ4v) is 5.33. The van der Waals surface area contributed by atoms with Gasteiger partial charge in [-0.1, -0.05) is 11.6 Å². The monoisotopic (exact) mass is 536 g/mol. The molecule has 38 heavy (non-hydrogen) atoms. The SMILES string of the molecule is CN=C(N)c1ccc2oc(C(=O)Nc3ccc(Cl)cn3)c(NC(=O)C3CCC(N4CCCC4=O)CC3)c2c1. The number of nitrogens with zero attached hydrogens (tertiary/aromatic N) is 3. The first-order valence-electron chi connectivity index (χ1n) is 12.7. The van der Waals surface area contributed by atoms with Crippen LogP contribution in [0.25, 0.3) is 11.0 Å². The van der Waals surface area contributed by atoms with Crippen LogP contribution in [0.15, 0.2) is 45.9 Å². The molecular formula is C27H29ClN6O4. The van der Waals surface area contributed by atoms with Crippen molar-refractivity contribution in [3.05, 3.63) is 52.9 Å². The van der Waals surface area contributed by atoms with Crippen LogP contribution in [0, 0.1) is 5.92 Å². The first kappa shape index (κ1) is 25.7. The molecule has 1 aliphatic carbocycles. The molecule has 1 saturated carbocycles. The van der Waals surface area contributed by atoms with E-state index in [0.29, 0.717) is 46.7 Å². The predicted octanol–water partition coefficient (Wildman–Crippen LogP) is 4.19. The lowest BCUT2D eigenvalue weighted by Crippen LogP contribution is -2.40. The van der Waals surface area contributed by atoms with Crippen LogP contribution in [-0.4, -0.2) is 53.1 Å². The van der Waals surface area contributed by atoms with Crippen molar-refractivity contribution in [2.24, 2.45) is 16.6 Å². The molecule has 2 aliphatic rings. The lowest BCUT2D eigenvalue weighted by atomic mass is 9.84. The van der Waals surface area contributed by atoms with E-state index in [1.54, 1.807) is 37.4 Å². The average molecular weight is 537 g/mol. The van der Waals surface area contributed by atoms with Gasteiger partial charge in [0.05, 0.1) is 5.02 Å². The Morgan fingerprint density at radius 1 is 1.16 bits per heavy atom. The summed E-state index contributed by atoms with van der Waals surface area (Å²) in [4.78, 5) is 48.9. The Kier molecular flexibility index (Phi) is 7.33. The molecule has 4 N–H and O–H groups in total. The van der Waals surface area contributed by atoms with Crippen LogP contribution in [0.3, 0.4) is 0 Å². The van der Waals surface area contributed by atoms with Gasteiger partial charge < -0.3 is 25.7 Å². The highest BCUT2D eigenvalue weighted by Crippen LogP contribution is 2.35. The normalized spacial score (nSPS) is 20.1. The highest BCUT2D eigenvalue weighted by molar-refractivity contribution is 6.30. The maximum Gasteiger partial charge on any atom is 0.294 e. The van der Waals surface area contributed by atoms with Crippen molar-refractivity contribution in [2.75, 3.05) is 24.2 Å². The molecule has 10 nitrogen and oxygen atoms in total. The van der Waals surface area contributed by atoms with E-state index in [0.717, 1.165) is 25.8 Å². The maximum atomic E-state index is 13.4. The Bertz CT molecular complexity index is 1410. The number of carbonyl (C=O) groups is 3. The van der Waals surface area contributed by atoms with Gasteiger partial charge in [-0.25, -0.2) is 4.98 Å². The number of benzene rings is 1. The first-order valence-corrected chi connectivity index (χ1v) is 13.0. The quantitative estimate of drug-likeness (QED) is 0.318. The van der Waals surface area contributed by atoms with Crippen molar-refractivity contribution >= 4 is 57.6 Å². The smallest absolute Gasteiger partial charge is 0.294 e. The Morgan fingerprint density at radius 2 is 1.95 bits per heavy atom. The number of amides is 3. The van der Waals surface area contributed by atoms with Crippen LogP contribution in [0.4, 0.5) is 11.5 Å². The van der Waals surface area contributed by atoms with Gasteiger partial charge in [-0.05, 0) is 62.4 Å². The molecule has 2 fully saturated rings. The molecule has 11 heteroatoms. The van der Waals surface area contributed by atoms with Gasteiger partial charge >= 0.3 is 0 Å². The topological polar surface area (TPSA) is 143 Å². The number of fused-ring (bicyclic) bond motifs is 1. The predicted molar refractivity (Wildman–Crippen MR) is 145 cm³/mol. The summed E-state index contributed by atoms with van der Waals surface area (Å²) >= 11 is 5.90. The molecule has 1 saturated heterocycles. The number of hydrogen-bond acceptors (Lipinski definition) is 6. The van der Waals surface area contributed by atoms with Crippen LogP contribution in [-0.2, 0) is 9.59 Å². The van der Waals surface area contributed by atoms with Gasteiger partial charge in [-0.2, -0.15) is 0 Å². The van der Waals surface area contributed by atoms with Crippen LogP contribution < -0.4 is 16.4 Å². The summed E-state index contributed by atoms with van der Waals surface area (Å²) in [6.07, 6.45) is 5.81. The van der Waals surface area contributed by atoms with E-state index >= 15 is 0 Å². The minimum Gasteiger partial charge on any atom is -0.449 e. The Hall–Kier alpha value is -3.92. The summed E-state index contributed by atoms with van der Waals surface area (Å²) < 4.78 is 5.90. The van der Waals surface area contributed by atoms with Gasteiger partial charge in [-0.3, -0.25) is 19.4 Å². The second-order valence-electron chi connectivity index (χ2n) is 9.63. The number of aromatic nitrogens is 1. The molecular weight excluding hydrogens is 508 g/mol. The third-order valence-electron chi connectivity index (χ3n) is 7.27. The lowest BCUT2D eigenvalue weighted by molar-refractivity contribution is -0.130. The first-order chi connectivity index (χ1) is 18.3. The van der Waals surface area contributed by atoms with Gasteiger partial charge in [0.2, 0.25) is 17.6 Å². The number of aliphatic imine (C=N–C) groups is 1. The highest BCUT2D eigenvalue weighted by atomic mass is 35.5. The molecule has 198 valence electrons. The zero-order valence-electron chi connectivity index (χ0n) is 21.0.